The number of rotatable bonds is 8. The molecular formula is C18H21ClN2O2. The summed E-state index contributed by atoms with van der Waals surface area (Å²) in [6, 6.07) is 15.4. The van der Waals surface area contributed by atoms with Crippen LogP contribution in [0, 0.1) is 0 Å². The highest BCUT2D eigenvalue weighted by Gasteiger charge is 2.04. The van der Waals surface area contributed by atoms with Crippen molar-refractivity contribution in [3.63, 3.8) is 0 Å². The Bertz CT molecular complexity index is 646. The molecule has 2 aromatic rings. The summed E-state index contributed by atoms with van der Waals surface area (Å²) in [6.45, 7) is 1.41. The Morgan fingerprint density at radius 2 is 1.78 bits per heavy atom. The molecule has 2 N–H and O–H groups in total. The molecule has 4 nitrogen and oxygen atoms in total. The SMILES string of the molecule is COc1ccccc1CCNC(=O)CNCc1ccccc1Cl. The van der Waals surface area contributed by atoms with Crippen LogP contribution in [-0.2, 0) is 17.8 Å². The van der Waals surface area contributed by atoms with E-state index in [-0.39, 0.29) is 12.5 Å². The molecule has 0 atom stereocenters. The summed E-state index contributed by atoms with van der Waals surface area (Å²) < 4.78 is 5.29. The van der Waals surface area contributed by atoms with E-state index in [2.05, 4.69) is 10.6 Å². The van der Waals surface area contributed by atoms with E-state index in [1.165, 1.54) is 0 Å². The average Bonchev–Trinajstić information content (AvgIpc) is 2.57. The van der Waals surface area contributed by atoms with Crippen molar-refractivity contribution in [1.29, 1.82) is 0 Å². The minimum atomic E-state index is -0.0352. The molecule has 0 aliphatic carbocycles. The summed E-state index contributed by atoms with van der Waals surface area (Å²) in [7, 11) is 1.65. The molecule has 0 unspecified atom stereocenters. The predicted molar refractivity (Wildman–Crippen MR) is 92.9 cm³/mol. The molecule has 0 radical (unpaired) electrons. The van der Waals surface area contributed by atoms with E-state index in [1.54, 1.807) is 7.11 Å². The minimum Gasteiger partial charge on any atom is -0.496 e. The molecule has 0 aliphatic rings. The Labute approximate surface area is 141 Å². The number of nitrogens with one attached hydrogen (secondary N) is 2. The van der Waals surface area contributed by atoms with Gasteiger partial charge in [-0.3, -0.25) is 4.79 Å². The fraction of sp³-hybridized carbons (Fsp3) is 0.278. The fourth-order valence-corrected chi connectivity index (χ4v) is 2.46. The summed E-state index contributed by atoms with van der Waals surface area (Å²) in [4.78, 5) is 11.8. The molecule has 5 heteroatoms. The van der Waals surface area contributed by atoms with Crippen molar-refractivity contribution in [1.82, 2.24) is 10.6 Å². The number of para-hydroxylation sites is 1. The van der Waals surface area contributed by atoms with Gasteiger partial charge in [0.05, 0.1) is 13.7 Å². The highest BCUT2D eigenvalue weighted by atomic mass is 35.5. The zero-order valence-corrected chi connectivity index (χ0v) is 13.9. The molecule has 0 aromatic heterocycles. The van der Waals surface area contributed by atoms with E-state index in [1.807, 2.05) is 48.5 Å². The molecule has 0 aliphatic heterocycles. The van der Waals surface area contributed by atoms with Crippen molar-refractivity contribution in [3.05, 3.63) is 64.7 Å². The van der Waals surface area contributed by atoms with Crippen LogP contribution in [0.25, 0.3) is 0 Å². The molecular weight excluding hydrogens is 312 g/mol. The lowest BCUT2D eigenvalue weighted by Gasteiger charge is -2.10. The van der Waals surface area contributed by atoms with Crippen molar-refractivity contribution in [2.24, 2.45) is 0 Å². The zero-order chi connectivity index (χ0) is 16.5. The largest absolute Gasteiger partial charge is 0.496 e. The monoisotopic (exact) mass is 332 g/mol. The molecule has 122 valence electrons. The molecule has 1 amide bonds. The number of methoxy groups -OCH3 is 1. The van der Waals surface area contributed by atoms with Gasteiger partial charge in [-0.05, 0) is 29.7 Å². The highest BCUT2D eigenvalue weighted by molar-refractivity contribution is 6.31. The first-order chi connectivity index (χ1) is 11.2. The summed E-state index contributed by atoms with van der Waals surface area (Å²) in [5, 5.41) is 6.69. The Balaban J connectivity index is 1.68. The molecule has 0 spiro atoms. The average molecular weight is 333 g/mol. The third-order valence-corrected chi connectivity index (χ3v) is 3.84. The van der Waals surface area contributed by atoms with Gasteiger partial charge in [0.15, 0.2) is 0 Å². The van der Waals surface area contributed by atoms with Crippen LogP contribution < -0.4 is 15.4 Å². The first-order valence-electron chi connectivity index (χ1n) is 7.53. The summed E-state index contributed by atoms with van der Waals surface area (Å²) in [6.07, 6.45) is 0.736. The maximum Gasteiger partial charge on any atom is 0.233 e. The molecule has 0 saturated heterocycles. The van der Waals surface area contributed by atoms with E-state index < -0.39 is 0 Å². The Morgan fingerprint density at radius 1 is 1.09 bits per heavy atom. The molecule has 23 heavy (non-hydrogen) atoms. The number of ether oxygens (including phenoxy) is 1. The molecule has 2 rings (SSSR count). The molecule has 0 fully saturated rings. The van der Waals surface area contributed by atoms with Crippen molar-refractivity contribution in [2.75, 3.05) is 20.2 Å². The minimum absolute atomic E-state index is 0.0352. The summed E-state index contributed by atoms with van der Waals surface area (Å²) in [5.41, 5.74) is 2.07. The second kappa shape index (κ2) is 9.18. The van der Waals surface area contributed by atoms with Gasteiger partial charge in [-0.15, -0.1) is 0 Å². The van der Waals surface area contributed by atoms with E-state index >= 15 is 0 Å². The Kier molecular flexibility index (Phi) is 6.91. The lowest BCUT2D eigenvalue weighted by Crippen LogP contribution is -2.34. The number of carbonyl (C=O) groups is 1. The van der Waals surface area contributed by atoms with Crippen LogP contribution in [0.2, 0.25) is 5.02 Å². The van der Waals surface area contributed by atoms with E-state index in [9.17, 15) is 4.79 Å². The molecule has 0 bridgehead atoms. The number of halogens is 1. The first-order valence-corrected chi connectivity index (χ1v) is 7.91. The second-order valence-corrected chi connectivity index (χ2v) is 5.51. The summed E-state index contributed by atoms with van der Waals surface area (Å²) in [5.74, 6) is 0.811. The Hall–Kier alpha value is -2.04. The standard InChI is InChI=1S/C18H21ClN2O2/c1-23-17-9-5-3-6-14(17)10-11-21-18(22)13-20-12-15-7-2-4-8-16(15)19/h2-9,20H,10-13H2,1H3,(H,21,22). The predicted octanol–water partition coefficient (Wildman–Crippen LogP) is 2.80. The van der Waals surface area contributed by atoms with Crippen molar-refractivity contribution in [3.8, 4) is 5.75 Å². The third kappa shape index (κ3) is 5.58. The number of hydrogen-bond acceptors (Lipinski definition) is 3. The lowest BCUT2D eigenvalue weighted by molar-refractivity contribution is -0.120. The van der Waals surface area contributed by atoms with Gasteiger partial charge in [-0.25, -0.2) is 0 Å². The Morgan fingerprint density at radius 3 is 2.52 bits per heavy atom. The molecule has 2 aromatic carbocycles. The van der Waals surface area contributed by atoms with Gasteiger partial charge in [0.25, 0.3) is 0 Å². The van der Waals surface area contributed by atoms with Crippen molar-refractivity contribution < 1.29 is 9.53 Å². The van der Waals surface area contributed by atoms with Gasteiger partial charge in [0, 0.05) is 18.1 Å². The quantitative estimate of drug-likeness (QED) is 0.781. The van der Waals surface area contributed by atoms with Crippen LogP contribution in [0.15, 0.2) is 48.5 Å². The second-order valence-electron chi connectivity index (χ2n) is 5.11. The van der Waals surface area contributed by atoms with Gasteiger partial charge in [0.1, 0.15) is 5.75 Å². The number of hydrogen-bond donors (Lipinski definition) is 2. The molecule has 0 saturated carbocycles. The molecule has 0 heterocycles. The van der Waals surface area contributed by atoms with Crippen LogP contribution in [0.1, 0.15) is 11.1 Å². The van der Waals surface area contributed by atoms with Gasteiger partial charge >= 0.3 is 0 Å². The first kappa shape index (κ1) is 17.3. The van der Waals surface area contributed by atoms with Crippen molar-refractivity contribution in [2.45, 2.75) is 13.0 Å². The van der Waals surface area contributed by atoms with Crippen LogP contribution >= 0.6 is 11.6 Å². The fourth-order valence-electron chi connectivity index (χ4n) is 2.26. The van der Waals surface area contributed by atoms with E-state index in [0.29, 0.717) is 18.1 Å². The van der Waals surface area contributed by atoms with Gasteiger partial charge in [0.2, 0.25) is 5.91 Å². The third-order valence-electron chi connectivity index (χ3n) is 3.47. The van der Waals surface area contributed by atoms with Crippen LogP contribution in [0.4, 0.5) is 0 Å². The van der Waals surface area contributed by atoms with Gasteiger partial charge < -0.3 is 15.4 Å². The highest BCUT2D eigenvalue weighted by Crippen LogP contribution is 2.17. The number of amides is 1. The maximum atomic E-state index is 11.8. The maximum absolute atomic E-state index is 11.8. The van der Waals surface area contributed by atoms with Crippen LogP contribution in [0.3, 0.4) is 0 Å². The topological polar surface area (TPSA) is 50.4 Å². The van der Waals surface area contributed by atoms with Crippen molar-refractivity contribution >= 4 is 17.5 Å². The normalized spacial score (nSPS) is 10.3. The van der Waals surface area contributed by atoms with Gasteiger partial charge in [-0.2, -0.15) is 0 Å². The zero-order valence-electron chi connectivity index (χ0n) is 13.1. The van der Waals surface area contributed by atoms with E-state index in [4.69, 9.17) is 16.3 Å². The smallest absolute Gasteiger partial charge is 0.233 e. The van der Waals surface area contributed by atoms with E-state index in [0.717, 1.165) is 23.3 Å². The summed E-state index contributed by atoms with van der Waals surface area (Å²) >= 11 is 6.07. The lowest BCUT2D eigenvalue weighted by atomic mass is 10.1. The number of benzene rings is 2. The van der Waals surface area contributed by atoms with Crippen LogP contribution in [-0.4, -0.2) is 26.1 Å². The number of carbonyl (C=O) groups excluding carboxylic acids is 1. The van der Waals surface area contributed by atoms with Gasteiger partial charge in [-0.1, -0.05) is 48.0 Å². The van der Waals surface area contributed by atoms with Crippen LogP contribution in [0.5, 0.6) is 5.75 Å².